The standard InChI is InChI=1S/C7H6BBrN2O/c8-5-2-10-11-3-4(9)1-6(12)7(5)11/h1-3,12H,8H2. The van der Waals surface area contributed by atoms with Gasteiger partial charge in [-0.3, -0.25) is 0 Å². The minimum absolute atomic E-state index is 0.249. The average Bonchev–Trinajstić information content (AvgIpc) is 2.31. The molecule has 0 fully saturated rings. The van der Waals surface area contributed by atoms with Gasteiger partial charge in [-0.25, -0.2) is 4.52 Å². The van der Waals surface area contributed by atoms with Crippen molar-refractivity contribution in [3.05, 3.63) is 22.9 Å². The van der Waals surface area contributed by atoms with Crippen LogP contribution in [0.15, 0.2) is 22.9 Å². The van der Waals surface area contributed by atoms with E-state index in [9.17, 15) is 5.11 Å². The van der Waals surface area contributed by atoms with Crippen LogP contribution < -0.4 is 5.46 Å². The molecule has 60 valence electrons. The summed E-state index contributed by atoms with van der Waals surface area (Å²) in [6, 6.07) is 1.66. The zero-order valence-corrected chi connectivity index (χ0v) is 8.04. The minimum Gasteiger partial charge on any atom is -0.506 e. The third-order valence-electron chi connectivity index (χ3n) is 1.74. The third-order valence-corrected chi connectivity index (χ3v) is 2.17. The molecule has 0 radical (unpaired) electrons. The molecular formula is C7H6BBrN2O. The molecule has 12 heavy (non-hydrogen) atoms. The minimum atomic E-state index is 0.249. The molecule has 0 aliphatic carbocycles. The van der Waals surface area contributed by atoms with Crippen molar-refractivity contribution in [1.29, 1.82) is 0 Å². The summed E-state index contributed by atoms with van der Waals surface area (Å²) in [4.78, 5) is 0. The lowest BCUT2D eigenvalue weighted by Crippen LogP contribution is -1.99. The van der Waals surface area contributed by atoms with Crippen LogP contribution in [0.1, 0.15) is 0 Å². The smallest absolute Gasteiger partial charge is 0.144 e. The zero-order valence-electron chi connectivity index (χ0n) is 6.45. The van der Waals surface area contributed by atoms with Crippen LogP contribution in [0.2, 0.25) is 0 Å². The van der Waals surface area contributed by atoms with Crippen molar-refractivity contribution in [2.45, 2.75) is 0 Å². The normalized spacial score (nSPS) is 10.8. The predicted molar refractivity (Wildman–Crippen MR) is 52.7 cm³/mol. The SMILES string of the molecule is Bc1cnn2cc(Br)cc(O)c12. The van der Waals surface area contributed by atoms with E-state index in [4.69, 9.17) is 0 Å². The van der Waals surface area contributed by atoms with Crippen LogP contribution in [0.4, 0.5) is 0 Å². The van der Waals surface area contributed by atoms with Crippen molar-refractivity contribution in [1.82, 2.24) is 9.61 Å². The maximum absolute atomic E-state index is 9.53. The van der Waals surface area contributed by atoms with Crippen LogP contribution in [-0.4, -0.2) is 22.6 Å². The van der Waals surface area contributed by atoms with Crippen LogP contribution >= 0.6 is 15.9 Å². The van der Waals surface area contributed by atoms with Crippen molar-refractivity contribution in [3.8, 4) is 5.75 Å². The molecule has 0 aliphatic rings. The topological polar surface area (TPSA) is 37.5 Å². The Labute approximate surface area is 78.6 Å². The maximum Gasteiger partial charge on any atom is 0.144 e. The number of aromatic hydroxyl groups is 1. The van der Waals surface area contributed by atoms with Gasteiger partial charge in [-0.1, -0.05) is 0 Å². The van der Waals surface area contributed by atoms with E-state index in [1.807, 2.05) is 14.0 Å². The Morgan fingerprint density at radius 1 is 1.58 bits per heavy atom. The molecule has 5 heteroatoms. The van der Waals surface area contributed by atoms with Crippen molar-refractivity contribution in [2.75, 3.05) is 0 Å². The van der Waals surface area contributed by atoms with Crippen LogP contribution in [0.3, 0.4) is 0 Å². The Morgan fingerprint density at radius 3 is 3.08 bits per heavy atom. The van der Waals surface area contributed by atoms with Gasteiger partial charge in [0.05, 0.1) is 0 Å². The molecule has 0 aliphatic heterocycles. The van der Waals surface area contributed by atoms with Gasteiger partial charge in [0.2, 0.25) is 0 Å². The predicted octanol–water partition coefficient (Wildman–Crippen LogP) is 0.0608. The van der Waals surface area contributed by atoms with Gasteiger partial charge in [0.25, 0.3) is 0 Å². The van der Waals surface area contributed by atoms with Gasteiger partial charge in [-0.15, -0.1) is 0 Å². The van der Waals surface area contributed by atoms with Gasteiger partial charge in [0.15, 0.2) is 0 Å². The van der Waals surface area contributed by atoms with Gasteiger partial charge >= 0.3 is 0 Å². The number of pyridine rings is 1. The highest BCUT2D eigenvalue weighted by Crippen LogP contribution is 2.20. The Balaban J connectivity index is 2.93. The van der Waals surface area contributed by atoms with Gasteiger partial charge in [-0.2, -0.15) is 5.10 Å². The Kier molecular flexibility index (Phi) is 1.61. The zero-order chi connectivity index (χ0) is 8.72. The monoisotopic (exact) mass is 224 g/mol. The highest BCUT2D eigenvalue weighted by atomic mass is 79.9. The lowest BCUT2D eigenvalue weighted by Gasteiger charge is -1.98. The van der Waals surface area contributed by atoms with Gasteiger partial charge in [0, 0.05) is 16.9 Å². The molecule has 0 unspecified atom stereocenters. The summed E-state index contributed by atoms with van der Waals surface area (Å²) in [6.07, 6.45) is 3.53. The van der Waals surface area contributed by atoms with Gasteiger partial charge in [-0.05, 0) is 27.5 Å². The number of aromatic nitrogens is 2. The highest BCUT2D eigenvalue weighted by molar-refractivity contribution is 9.10. The van der Waals surface area contributed by atoms with E-state index in [-0.39, 0.29) is 5.75 Å². The van der Waals surface area contributed by atoms with E-state index in [0.29, 0.717) is 0 Å². The van der Waals surface area contributed by atoms with Gasteiger partial charge in [0.1, 0.15) is 19.1 Å². The summed E-state index contributed by atoms with van der Waals surface area (Å²) in [5.41, 5.74) is 1.73. The van der Waals surface area contributed by atoms with E-state index in [2.05, 4.69) is 21.0 Å². The first kappa shape index (κ1) is 7.67. The summed E-state index contributed by atoms with van der Waals surface area (Å²) in [5.74, 6) is 0.249. The second kappa shape index (κ2) is 2.52. The summed E-state index contributed by atoms with van der Waals surface area (Å²) >= 11 is 3.27. The Bertz CT molecular complexity index is 440. The summed E-state index contributed by atoms with van der Waals surface area (Å²) in [7, 11) is 1.91. The van der Waals surface area contributed by atoms with Crippen molar-refractivity contribution in [2.24, 2.45) is 0 Å². The van der Waals surface area contributed by atoms with Crippen molar-refractivity contribution >= 4 is 34.8 Å². The molecule has 2 heterocycles. The summed E-state index contributed by atoms with van der Waals surface area (Å²) in [5, 5.41) is 13.6. The van der Waals surface area contributed by atoms with E-state index < -0.39 is 0 Å². The largest absolute Gasteiger partial charge is 0.506 e. The molecule has 0 spiro atoms. The second-order valence-electron chi connectivity index (χ2n) is 2.66. The Morgan fingerprint density at radius 2 is 2.33 bits per heavy atom. The number of nitrogens with zero attached hydrogens (tertiary/aromatic N) is 2. The van der Waals surface area contributed by atoms with Crippen molar-refractivity contribution in [3.63, 3.8) is 0 Å². The first-order valence-electron chi connectivity index (χ1n) is 3.51. The molecule has 0 bridgehead atoms. The molecule has 0 saturated carbocycles. The number of rotatable bonds is 0. The summed E-state index contributed by atoms with van der Waals surface area (Å²) in [6.45, 7) is 0. The fourth-order valence-electron chi connectivity index (χ4n) is 1.22. The number of halogens is 1. The van der Waals surface area contributed by atoms with Crippen molar-refractivity contribution < 1.29 is 5.11 Å². The molecule has 2 aromatic heterocycles. The molecular weight excluding hydrogens is 219 g/mol. The fraction of sp³-hybridized carbons (Fsp3) is 0. The van der Waals surface area contributed by atoms with E-state index in [1.54, 1.807) is 16.8 Å². The maximum atomic E-state index is 9.53. The number of hydrogen-bond donors (Lipinski definition) is 1. The van der Waals surface area contributed by atoms with Crippen LogP contribution in [-0.2, 0) is 0 Å². The summed E-state index contributed by atoms with van der Waals surface area (Å²) < 4.78 is 2.46. The molecule has 0 aromatic carbocycles. The lowest BCUT2D eigenvalue weighted by atomic mass is 9.98. The lowest BCUT2D eigenvalue weighted by molar-refractivity contribution is 0.478. The molecule has 0 atom stereocenters. The van der Waals surface area contributed by atoms with Crippen LogP contribution in [0.25, 0.3) is 5.52 Å². The molecule has 2 rings (SSSR count). The van der Waals surface area contributed by atoms with Crippen LogP contribution in [0.5, 0.6) is 5.75 Å². The molecule has 1 N–H and O–H groups in total. The third kappa shape index (κ3) is 1.01. The Hall–Kier alpha value is -0.965. The number of hydrogen-bond acceptors (Lipinski definition) is 2. The second-order valence-corrected chi connectivity index (χ2v) is 3.58. The first-order valence-corrected chi connectivity index (χ1v) is 4.30. The molecule has 2 aromatic rings. The highest BCUT2D eigenvalue weighted by Gasteiger charge is 2.05. The quantitative estimate of drug-likeness (QED) is 0.643. The van der Waals surface area contributed by atoms with E-state index >= 15 is 0 Å². The van der Waals surface area contributed by atoms with E-state index in [1.165, 1.54) is 0 Å². The molecule has 0 amide bonds. The number of fused-ring (bicyclic) bond motifs is 1. The molecule has 0 saturated heterocycles. The fourth-order valence-corrected chi connectivity index (χ4v) is 1.63. The first-order chi connectivity index (χ1) is 5.68. The molecule has 3 nitrogen and oxygen atoms in total. The average molecular weight is 225 g/mol. The van der Waals surface area contributed by atoms with Gasteiger partial charge < -0.3 is 5.11 Å². The van der Waals surface area contributed by atoms with E-state index in [0.717, 1.165) is 15.5 Å². The van der Waals surface area contributed by atoms with Crippen LogP contribution in [0, 0.1) is 0 Å².